The highest BCUT2D eigenvalue weighted by molar-refractivity contribution is 14.0. The predicted octanol–water partition coefficient (Wildman–Crippen LogP) is 2.35. The molecule has 1 fully saturated rings. The van der Waals surface area contributed by atoms with Gasteiger partial charge in [-0.1, -0.05) is 6.92 Å². The Bertz CT molecular complexity index is 278. The lowest BCUT2D eigenvalue weighted by Gasteiger charge is -2.33. The summed E-state index contributed by atoms with van der Waals surface area (Å²) < 4.78 is 10.4. The van der Waals surface area contributed by atoms with Crippen LogP contribution in [0.5, 0.6) is 0 Å². The minimum Gasteiger partial charge on any atom is -0.382 e. The van der Waals surface area contributed by atoms with Gasteiger partial charge in [0, 0.05) is 39.9 Å². The summed E-state index contributed by atoms with van der Waals surface area (Å²) in [7, 11) is 1.69. The highest BCUT2D eigenvalue weighted by atomic mass is 127. The molecule has 0 aromatic rings. The van der Waals surface area contributed by atoms with Crippen molar-refractivity contribution in [3.63, 3.8) is 0 Å². The van der Waals surface area contributed by atoms with E-state index < -0.39 is 0 Å². The smallest absolute Gasteiger partial charge is 0.193 e. The molecule has 1 aliphatic heterocycles. The summed E-state index contributed by atoms with van der Waals surface area (Å²) in [5.74, 6) is 1.83. The zero-order chi connectivity index (χ0) is 14.6. The Hall–Kier alpha value is -0.0800. The molecule has 1 unspecified atom stereocenters. The van der Waals surface area contributed by atoms with Crippen LogP contribution in [-0.2, 0) is 9.47 Å². The number of aliphatic imine (C=N–C) groups is 1. The molecule has 21 heavy (non-hydrogen) atoms. The van der Waals surface area contributed by atoms with Gasteiger partial charge in [-0.3, -0.25) is 4.99 Å². The number of piperidine rings is 1. The normalized spacial score (nSPS) is 19.3. The summed E-state index contributed by atoms with van der Waals surface area (Å²) in [5.41, 5.74) is 0. The number of rotatable bonds is 8. The van der Waals surface area contributed by atoms with Crippen LogP contribution >= 0.6 is 24.0 Å². The van der Waals surface area contributed by atoms with Crippen LogP contribution in [0.15, 0.2) is 4.99 Å². The third-order valence-corrected chi connectivity index (χ3v) is 3.43. The molecular formula is C15H32IN3O2. The monoisotopic (exact) mass is 413 g/mol. The molecule has 1 heterocycles. The lowest BCUT2D eigenvalue weighted by atomic mass is 10.0. The van der Waals surface area contributed by atoms with Gasteiger partial charge in [0.1, 0.15) is 0 Å². The second-order valence-electron chi connectivity index (χ2n) is 5.39. The Labute approximate surface area is 146 Å². The zero-order valence-corrected chi connectivity index (χ0v) is 16.1. The second-order valence-corrected chi connectivity index (χ2v) is 5.39. The van der Waals surface area contributed by atoms with E-state index in [2.05, 4.69) is 24.1 Å². The molecule has 0 spiro atoms. The topological polar surface area (TPSA) is 46.1 Å². The van der Waals surface area contributed by atoms with Crippen molar-refractivity contribution in [2.24, 2.45) is 10.9 Å². The van der Waals surface area contributed by atoms with Crippen LogP contribution in [0.3, 0.4) is 0 Å². The molecule has 126 valence electrons. The second kappa shape index (κ2) is 13.6. The van der Waals surface area contributed by atoms with Crippen molar-refractivity contribution >= 4 is 29.9 Å². The van der Waals surface area contributed by atoms with Gasteiger partial charge in [-0.25, -0.2) is 0 Å². The Morgan fingerprint density at radius 2 is 2.14 bits per heavy atom. The first-order valence-corrected chi connectivity index (χ1v) is 7.87. The Morgan fingerprint density at radius 1 is 1.33 bits per heavy atom. The van der Waals surface area contributed by atoms with Crippen molar-refractivity contribution in [2.45, 2.75) is 33.1 Å². The fraction of sp³-hybridized carbons (Fsp3) is 0.933. The van der Waals surface area contributed by atoms with E-state index >= 15 is 0 Å². The lowest BCUT2D eigenvalue weighted by Crippen LogP contribution is -2.46. The van der Waals surface area contributed by atoms with Crippen molar-refractivity contribution < 1.29 is 9.47 Å². The van der Waals surface area contributed by atoms with Crippen LogP contribution < -0.4 is 5.32 Å². The van der Waals surface area contributed by atoms with Crippen molar-refractivity contribution in [2.75, 3.05) is 53.1 Å². The summed E-state index contributed by atoms with van der Waals surface area (Å²) >= 11 is 0. The molecule has 6 heteroatoms. The average molecular weight is 413 g/mol. The number of guanidine groups is 1. The number of hydrogen-bond donors (Lipinski definition) is 1. The number of methoxy groups -OCH3 is 1. The summed E-state index contributed by atoms with van der Waals surface area (Å²) in [6, 6.07) is 0. The van der Waals surface area contributed by atoms with Gasteiger partial charge in [0.05, 0.1) is 13.2 Å². The molecule has 1 aliphatic rings. The van der Waals surface area contributed by atoms with Gasteiger partial charge in [-0.2, -0.15) is 0 Å². The highest BCUT2D eigenvalue weighted by Gasteiger charge is 2.18. The quantitative estimate of drug-likeness (QED) is 0.287. The maximum Gasteiger partial charge on any atom is 0.193 e. The molecule has 0 aromatic heterocycles. The first kappa shape index (κ1) is 20.9. The van der Waals surface area contributed by atoms with Crippen molar-refractivity contribution in [3.8, 4) is 0 Å². The third-order valence-electron chi connectivity index (χ3n) is 3.43. The van der Waals surface area contributed by atoms with Gasteiger partial charge in [0.2, 0.25) is 0 Å². The summed E-state index contributed by atoms with van der Waals surface area (Å²) in [6.07, 6.45) is 3.57. The molecule has 0 aromatic carbocycles. The SMILES string of the molecule is CCNC(=NCCCOCCOC)N1CCCC(C)C1.I. The van der Waals surface area contributed by atoms with E-state index in [9.17, 15) is 0 Å². The van der Waals surface area contributed by atoms with Gasteiger partial charge in [-0.05, 0) is 32.1 Å². The fourth-order valence-electron chi connectivity index (χ4n) is 2.40. The minimum absolute atomic E-state index is 0. The summed E-state index contributed by atoms with van der Waals surface area (Å²) in [6.45, 7) is 10.5. The Balaban J connectivity index is 0.00000400. The van der Waals surface area contributed by atoms with E-state index in [1.807, 2.05) is 0 Å². The van der Waals surface area contributed by atoms with Crippen molar-refractivity contribution in [3.05, 3.63) is 0 Å². The molecule has 0 saturated carbocycles. The highest BCUT2D eigenvalue weighted by Crippen LogP contribution is 2.15. The van der Waals surface area contributed by atoms with E-state index in [4.69, 9.17) is 14.5 Å². The standard InChI is InChI=1S/C15H31N3O2.HI/c1-4-16-15(18-9-5-7-14(2)13-18)17-8-6-10-20-12-11-19-3;/h14H,4-13H2,1-3H3,(H,16,17);1H. The van der Waals surface area contributed by atoms with Crippen LogP contribution in [0.25, 0.3) is 0 Å². The molecule has 1 saturated heterocycles. The molecule has 0 aliphatic carbocycles. The van der Waals surface area contributed by atoms with Crippen LogP contribution in [0.1, 0.15) is 33.1 Å². The van der Waals surface area contributed by atoms with Crippen LogP contribution in [-0.4, -0.2) is 64.0 Å². The lowest BCUT2D eigenvalue weighted by molar-refractivity contribution is 0.0702. The average Bonchev–Trinajstić information content (AvgIpc) is 2.45. The minimum atomic E-state index is 0. The van der Waals surface area contributed by atoms with Crippen LogP contribution in [0, 0.1) is 5.92 Å². The third kappa shape index (κ3) is 9.52. The maximum absolute atomic E-state index is 5.45. The maximum atomic E-state index is 5.45. The summed E-state index contributed by atoms with van der Waals surface area (Å²) in [4.78, 5) is 7.10. The molecule has 0 amide bonds. The Kier molecular flexibility index (Phi) is 13.5. The predicted molar refractivity (Wildman–Crippen MR) is 98.7 cm³/mol. The Morgan fingerprint density at radius 3 is 2.81 bits per heavy atom. The molecule has 0 radical (unpaired) electrons. The molecule has 1 N–H and O–H groups in total. The van der Waals surface area contributed by atoms with Crippen molar-refractivity contribution in [1.82, 2.24) is 10.2 Å². The van der Waals surface area contributed by atoms with Crippen LogP contribution in [0.2, 0.25) is 0 Å². The van der Waals surface area contributed by atoms with Gasteiger partial charge >= 0.3 is 0 Å². The fourth-order valence-corrected chi connectivity index (χ4v) is 2.40. The van der Waals surface area contributed by atoms with Crippen molar-refractivity contribution in [1.29, 1.82) is 0 Å². The summed E-state index contributed by atoms with van der Waals surface area (Å²) in [5, 5.41) is 3.40. The molecule has 5 nitrogen and oxygen atoms in total. The zero-order valence-electron chi connectivity index (χ0n) is 13.8. The first-order chi connectivity index (χ1) is 9.77. The van der Waals surface area contributed by atoms with Gasteiger partial charge in [-0.15, -0.1) is 24.0 Å². The number of likely N-dealkylation sites (tertiary alicyclic amines) is 1. The number of nitrogens with one attached hydrogen (secondary N) is 1. The number of ether oxygens (including phenoxy) is 2. The van der Waals surface area contributed by atoms with E-state index in [1.165, 1.54) is 12.8 Å². The largest absolute Gasteiger partial charge is 0.382 e. The van der Waals surface area contributed by atoms with Crippen LogP contribution in [0.4, 0.5) is 0 Å². The number of nitrogens with zero attached hydrogens (tertiary/aromatic N) is 2. The van der Waals surface area contributed by atoms with Gasteiger partial charge in [0.15, 0.2) is 5.96 Å². The van der Waals surface area contributed by atoms with E-state index in [1.54, 1.807) is 7.11 Å². The molecule has 1 atom stereocenters. The van der Waals surface area contributed by atoms with Gasteiger partial charge < -0.3 is 19.7 Å². The first-order valence-electron chi connectivity index (χ1n) is 7.87. The van der Waals surface area contributed by atoms with Gasteiger partial charge in [0.25, 0.3) is 0 Å². The molecule has 0 bridgehead atoms. The molecule has 1 rings (SSSR count). The van der Waals surface area contributed by atoms with E-state index in [0.717, 1.165) is 51.1 Å². The van der Waals surface area contributed by atoms with E-state index in [0.29, 0.717) is 13.2 Å². The number of halogens is 1. The molecular weight excluding hydrogens is 381 g/mol. The number of hydrogen-bond acceptors (Lipinski definition) is 3. The van der Waals surface area contributed by atoms with E-state index in [-0.39, 0.29) is 24.0 Å².